The second kappa shape index (κ2) is 5.64. The molecule has 2 fully saturated rings. The predicted octanol–water partition coefficient (Wildman–Crippen LogP) is -1.31. The number of carbonyl (C=O) groups is 3. The van der Waals surface area contributed by atoms with Crippen molar-refractivity contribution >= 4 is 17.8 Å². The predicted molar refractivity (Wildman–Crippen MR) is 71.0 cm³/mol. The number of carbonyl (C=O) groups excluding carboxylic acids is 3. The number of amides is 4. The minimum Gasteiger partial charge on any atom is -0.328 e. The number of fused-ring (bicyclic) bond motifs is 2. The molecule has 2 saturated heterocycles. The average Bonchev–Trinajstić information content (AvgIpc) is 3.09. The molecular formula is C12H16N6O4. The SMILES string of the molecule is O=C(Cn1ccnc1)NNC(=O)[C@@H]1CC[C@@H]2CN1C(=O)N2O. The molecule has 0 unspecified atom stereocenters. The van der Waals surface area contributed by atoms with Crippen LogP contribution >= 0.6 is 0 Å². The highest BCUT2D eigenvalue weighted by Crippen LogP contribution is 2.28. The summed E-state index contributed by atoms with van der Waals surface area (Å²) in [5.74, 6) is -0.877. The van der Waals surface area contributed by atoms with Gasteiger partial charge in [-0.2, -0.15) is 0 Å². The third-order valence-electron chi connectivity index (χ3n) is 3.86. The van der Waals surface area contributed by atoms with Crippen LogP contribution in [-0.4, -0.2) is 61.2 Å². The largest absolute Gasteiger partial charge is 0.344 e. The Labute approximate surface area is 125 Å². The van der Waals surface area contributed by atoms with Gasteiger partial charge in [-0.15, -0.1) is 0 Å². The van der Waals surface area contributed by atoms with Gasteiger partial charge in [-0.25, -0.2) is 14.8 Å². The fraction of sp³-hybridized carbons (Fsp3) is 0.500. The molecule has 4 amide bonds. The Morgan fingerprint density at radius 2 is 2.18 bits per heavy atom. The first-order valence-corrected chi connectivity index (χ1v) is 6.89. The number of nitrogens with zero attached hydrogens (tertiary/aromatic N) is 4. The van der Waals surface area contributed by atoms with Crippen LogP contribution in [0.5, 0.6) is 0 Å². The molecule has 3 N–H and O–H groups in total. The molecule has 3 heterocycles. The molecule has 0 saturated carbocycles. The maximum absolute atomic E-state index is 12.1. The molecule has 2 aliphatic heterocycles. The number of urea groups is 1. The van der Waals surface area contributed by atoms with E-state index in [9.17, 15) is 19.6 Å². The number of aromatic nitrogens is 2. The van der Waals surface area contributed by atoms with Gasteiger partial charge >= 0.3 is 6.03 Å². The number of hydrogen-bond acceptors (Lipinski definition) is 5. The summed E-state index contributed by atoms with van der Waals surface area (Å²) in [7, 11) is 0. The molecular weight excluding hydrogens is 292 g/mol. The Kier molecular flexibility index (Phi) is 3.67. The number of rotatable bonds is 3. The summed E-state index contributed by atoms with van der Waals surface area (Å²) in [6.07, 6.45) is 5.64. The average molecular weight is 308 g/mol. The van der Waals surface area contributed by atoms with Crippen molar-refractivity contribution in [3.8, 4) is 0 Å². The van der Waals surface area contributed by atoms with Crippen LogP contribution < -0.4 is 10.9 Å². The highest BCUT2D eigenvalue weighted by Gasteiger charge is 2.46. The Morgan fingerprint density at radius 3 is 2.91 bits per heavy atom. The number of hydrogen-bond donors (Lipinski definition) is 3. The monoisotopic (exact) mass is 308 g/mol. The molecule has 2 aliphatic rings. The van der Waals surface area contributed by atoms with E-state index in [2.05, 4.69) is 15.8 Å². The minimum atomic E-state index is -0.686. The Balaban J connectivity index is 1.52. The van der Waals surface area contributed by atoms with E-state index in [1.165, 1.54) is 11.2 Å². The molecule has 0 aliphatic carbocycles. The van der Waals surface area contributed by atoms with Gasteiger partial charge in [-0.3, -0.25) is 25.6 Å². The van der Waals surface area contributed by atoms with E-state index in [0.717, 1.165) is 0 Å². The third-order valence-corrected chi connectivity index (χ3v) is 3.86. The van der Waals surface area contributed by atoms with E-state index in [1.54, 1.807) is 17.0 Å². The summed E-state index contributed by atoms with van der Waals surface area (Å²) in [6.45, 7) is 0.344. The number of piperidine rings is 1. The van der Waals surface area contributed by atoms with Crippen molar-refractivity contribution in [1.29, 1.82) is 0 Å². The van der Waals surface area contributed by atoms with Gasteiger partial charge in [0.25, 0.3) is 11.8 Å². The smallest absolute Gasteiger partial charge is 0.328 e. The van der Waals surface area contributed by atoms with Crippen LogP contribution in [0.3, 0.4) is 0 Å². The molecule has 10 nitrogen and oxygen atoms in total. The molecule has 22 heavy (non-hydrogen) atoms. The molecule has 2 bridgehead atoms. The first-order chi connectivity index (χ1) is 10.6. The van der Waals surface area contributed by atoms with Crippen molar-refractivity contribution in [3.63, 3.8) is 0 Å². The summed E-state index contributed by atoms with van der Waals surface area (Å²) in [4.78, 5) is 40.7. The fourth-order valence-electron chi connectivity index (χ4n) is 2.72. The van der Waals surface area contributed by atoms with Crippen molar-refractivity contribution in [2.24, 2.45) is 0 Å². The summed E-state index contributed by atoms with van der Waals surface area (Å²) in [5.41, 5.74) is 4.62. The molecule has 0 spiro atoms. The van der Waals surface area contributed by atoms with Gasteiger partial charge in [0, 0.05) is 18.9 Å². The van der Waals surface area contributed by atoms with E-state index in [4.69, 9.17) is 0 Å². The molecule has 1 aromatic heterocycles. The van der Waals surface area contributed by atoms with Crippen molar-refractivity contribution in [3.05, 3.63) is 18.7 Å². The maximum atomic E-state index is 12.1. The molecule has 3 rings (SSSR count). The van der Waals surface area contributed by atoms with E-state index >= 15 is 0 Å². The zero-order valence-corrected chi connectivity index (χ0v) is 11.7. The zero-order valence-electron chi connectivity index (χ0n) is 11.7. The summed E-state index contributed by atoms with van der Waals surface area (Å²) >= 11 is 0. The van der Waals surface area contributed by atoms with Gasteiger partial charge in [0.1, 0.15) is 12.6 Å². The first kappa shape index (κ1) is 14.3. The van der Waals surface area contributed by atoms with Crippen LogP contribution in [0.1, 0.15) is 12.8 Å². The summed E-state index contributed by atoms with van der Waals surface area (Å²) in [5, 5.41) is 10.2. The lowest BCUT2D eigenvalue weighted by Crippen LogP contribution is -2.54. The van der Waals surface area contributed by atoms with Crippen LogP contribution in [0.25, 0.3) is 0 Å². The highest BCUT2D eigenvalue weighted by molar-refractivity contribution is 5.89. The molecule has 1 aromatic rings. The minimum absolute atomic E-state index is 0.0279. The van der Waals surface area contributed by atoms with Gasteiger partial charge in [-0.1, -0.05) is 0 Å². The lowest BCUT2D eigenvalue weighted by atomic mass is 10.0. The number of hydroxylamine groups is 2. The van der Waals surface area contributed by atoms with Gasteiger partial charge in [-0.05, 0) is 12.8 Å². The van der Waals surface area contributed by atoms with Crippen LogP contribution in [0.15, 0.2) is 18.7 Å². The maximum Gasteiger partial charge on any atom is 0.344 e. The van der Waals surface area contributed by atoms with Gasteiger partial charge in [0.15, 0.2) is 0 Å². The highest BCUT2D eigenvalue weighted by atomic mass is 16.5. The molecule has 118 valence electrons. The summed E-state index contributed by atoms with van der Waals surface area (Å²) < 4.78 is 1.56. The van der Waals surface area contributed by atoms with Gasteiger partial charge in [0.2, 0.25) is 0 Å². The second-order valence-electron chi connectivity index (χ2n) is 5.30. The topological polar surface area (TPSA) is 120 Å². The third kappa shape index (κ3) is 2.60. The second-order valence-corrected chi connectivity index (χ2v) is 5.30. The molecule has 0 radical (unpaired) electrons. The number of imidazole rings is 1. The van der Waals surface area contributed by atoms with Crippen molar-refractivity contribution in [2.75, 3.05) is 6.54 Å². The van der Waals surface area contributed by atoms with Crippen molar-refractivity contribution in [1.82, 2.24) is 30.4 Å². The zero-order chi connectivity index (χ0) is 15.7. The Bertz CT molecular complexity index is 588. The van der Waals surface area contributed by atoms with Gasteiger partial charge in [0.05, 0.1) is 12.4 Å². The normalized spacial score (nSPS) is 23.6. The number of nitrogens with one attached hydrogen (secondary N) is 2. The number of hydrazine groups is 1. The van der Waals surface area contributed by atoms with Gasteiger partial charge < -0.3 is 9.47 Å². The van der Waals surface area contributed by atoms with Crippen molar-refractivity contribution < 1.29 is 19.6 Å². The van der Waals surface area contributed by atoms with Crippen LogP contribution in [0, 0.1) is 0 Å². The van der Waals surface area contributed by atoms with Crippen LogP contribution in [0.4, 0.5) is 4.79 Å². The molecule has 2 atom stereocenters. The van der Waals surface area contributed by atoms with Crippen LogP contribution in [0.2, 0.25) is 0 Å². The van der Waals surface area contributed by atoms with Crippen molar-refractivity contribution in [2.45, 2.75) is 31.5 Å². The quantitative estimate of drug-likeness (QED) is 0.473. The molecule has 0 aromatic carbocycles. The standard InChI is InChI=1S/C12H16N6O4/c19-10(6-16-4-3-13-7-16)14-15-11(20)9-2-1-8-5-17(9)12(21)18(8)22/h3-4,7-9,22H,1-2,5-6H2,(H,14,19)(H,15,20)/t8-,9+/m1/s1. The Hall–Kier alpha value is -2.62. The fourth-order valence-corrected chi connectivity index (χ4v) is 2.72. The first-order valence-electron chi connectivity index (χ1n) is 6.89. The van der Waals surface area contributed by atoms with E-state index < -0.39 is 23.9 Å². The van der Waals surface area contributed by atoms with E-state index in [1.807, 2.05) is 0 Å². The van der Waals surface area contributed by atoms with Crippen LogP contribution in [-0.2, 0) is 16.1 Å². The van der Waals surface area contributed by atoms with E-state index in [0.29, 0.717) is 24.4 Å². The lowest BCUT2D eigenvalue weighted by Gasteiger charge is -2.29. The molecule has 10 heteroatoms. The Morgan fingerprint density at radius 1 is 1.36 bits per heavy atom. The lowest BCUT2D eigenvalue weighted by molar-refractivity contribution is -0.132. The van der Waals surface area contributed by atoms with E-state index in [-0.39, 0.29) is 12.6 Å². The summed E-state index contributed by atoms with van der Waals surface area (Å²) in [6, 6.07) is -1.52.